The first-order chi connectivity index (χ1) is 6.63. The van der Waals surface area contributed by atoms with E-state index >= 15 is 0 Å². The minimum atomic E-state index is -0.148. The monoisotopic (exact) mass is 195 g/mol. The highest BCUT2D eigenvalue weighted by atomic mass is 19.1. The minimum absolute atomic E-state index is 0.148. The maximum atomic E-state index is 13.1. The summed E-state index contributed by atoms with van der Waals surface area (Å²) in [6, 6.07) is 5.40. The first-order valence-corrected chi connectivity index (χ1v) is 5.14. The summed E-state index contributed by atoms with van der Waals surface area (Å²) in [6.45, 7) is 7.07. The predicted octanol–water partition coefficient (Wildman–Crippen LogP) is 3.19. The van der Waals surface area contributed by atoms with Crippen molar-refractivity contribution in [1.82, 2.24) is 5.32 Å². The molecule has 1 nitrogen and oxygen atoms in total. The molecular formula is C12H18FN. The number of hydrogen-bond acceptors (Lipinski definition) is 1. The Labute approximate surface area is 85.3 Å². The maximum absolute atomic E-state index is 13.1. The third-order valence-electron chi connectivity index (χ3n) is 2.26. The summed E-state index contributed by atoms with van der Waals surface area (Å²) in [5, 5.41) is 3.34. The van der Waals surface area contributed by atoms with Gasteiger partial charge in [-0.05, 0) is 50.1 Å². The Morgan fingerprint density at radius 2 is 2.07 bits per heavy atom. The number of aryl methyl sites for hydroxylation is 1. The van der Waals surface area contributed by atoms with Crippen LogP contribution < -0.4 is 5.32 Å². The highest BCUT2D eigenvalue weighted by Crippen LogP contribution is 2.15. The lowest BCUT2D eigenvalue weighted by molar-refractivity contribution is 0.561. The molecule has 0 saturated heterocycles. The number of rotatable bonds is 4. The average molecular weight is 195 g/mol. The molecule has 1 rings (SSSR count). The molecule has 2 heteroatoms. The molecule has 0 fully saturated rings. The Hall–Kier alpha value is -0.890. The summed E-state index contributed by atoms with van der Waals surface area (Å²) in [7, 11) is 0. The van der Waals surface area contributed by atoms with Crippen LogP contribution in [0.1, 0.15) is 37.4 Å². The van der Waals surface area contributed by atoms with Crippen molar-refractivity contribution in [2.45, 2.75) is 33.2 Å². The molecule has 1 atom stereocenters. The molecule has 0 amide bonds. The molecule has 0 heterocycles. The first-order valence-electron chi connectivity index (χ1n) is 5.14. The molecule has 1 unspecified atom stereocenters. The van der Waals surface area contributed by atoms with Crippen LogP contribution in [0.15, 0.2) is 18.2 Å². The second kappa shape index (κ2) is 5.11. The van der Waals surface area contributed by atoms with Gasteiger partial charge in [0.05, 0.1) is 0 Å². The van der Waals surface area contributed by atoms with E-state index in [1.165, 1.54) is 0 Å². The highest BCUT2D eigenvalue weighted by Gasteiger charge is 2.05. The lowest BCUT2D eigenvalue weighted by Crippen LogP contribution is -2.19. The molecule has 0 spiro atoms. The van der Waals surface area contributed by atoms with Crippen LogP contribution in [0.3, 0.4) is 0 Å². The molecule has 78 valence electrons. The molecule has 1 N–H and O–H groups in total. The average Bonchev–Trinajstić information content (AvgIpc) is 2.12. The van der Waals surface area contributed by atoms with Gasteiger partial charge < -0.3 is 5.32 Å². The van der Waals surface area contributed by atoms with Crippen molar-refractivity contribution in [2.75, 3.05) is 6.54 Å². The third-order valence-corrected chi connectivity index (χ3v) is 2.26. The third kappa shape index (κ3) is 3.11. The Kier molecular flexibility index (Phi) is 4.08. The van der Waals surface area contributed by atoms with E-state index in [0.29, 0.717) is 0 Å². The smallest absolute Gasteiger partial charge is 0.123 e. The van der Waals surface area contributed by atoms with Crippen LogP contribution in [-0.4, -0.2) is 6.54 Å². The molecule has 1 aromatic carbocycles. The largest absolute Gasteiger partial charge is 0.310 e. The van der Waals surface area contributed by atoms with Crippen molar-refractivity contribution in [1.29, 1.82) is 0 Å². The molecule has 0 aromatic heterocycles. The van der Waals surface area contributed by atoms with Crippen molar-refractivity contribution in [3.8, 4) is 0 Å². The van der Waals surface area contributed by atoms with E-state index in [9.17, 15) is 4.39 Å². The molecule has 14 heavy (non-hydrogen) atoms. The number of nitrogens with one attached hydrogen (secondary N) is 1. The van der Waals surface area contributed by atoms with Crippen LogP contribution in [0.5, 0.6) is 0 Å². The summed E-state index contributed by atoms with van der Waals surface area (Å²) in [5.74, 6) is -0.148. The second-order valence-corrected chi connectivity index (χ2v) is 3.74. The van der Waals surface area contributed by atoms with E-state index in [0.717, 1.165) is 24.1 Å². The molecule has 0 aliphatic rings. The second-order valence-electron chi connectivity index (χ2n) is 3.74. The fraction of sp³-hybridized carbons (Fsp3) is 0.500. The van der Waals surface area contributed by atoms with Crippen LogP contribution in [0, 0.1) is 12.7 Å². The Morgan fingerprint density at radius 1 is 1.36 bits per heavy atom. The zero-order valence-electron chi connectivity index (χ0n) is 9.10. The summed E-state index contributed by atoms with van der Waals surface area (Å²) >= 11 is 0. The Balaban J connectivity index is 2.73. The van der Waals surface area contributed by atoms with Gasteiger partial charge in [0, 0.05) is 6.04 Å². The lowest BCUT2D eigenvalue weighted by atomic mass is 10.1. The van der Waals surface area contributed by atoms with Crippen molar-refractivity contribution in [3.05, 3.63) is 35.1 Å². The SMILES string of the molecule is CCCNC(C)c1cc(C)cc(F)c1. The van der Waals surface area contributed by atoms with E-state index in [4.69, 9.17) is 0 Å². The van der Waals surface area contributed by atoms with Crippen LogP contribution in [0.4, 0.5) is 4.39 Å². The van der Waals surface area contributed by atoms with E-state index < -0.39 is 0 Å². The summed E-state index contributed by atoms with van der Waals surface area (Å²) < 4.78 is 13.1. The molecule has 0 aliphatic carbocycles. The van der Waals surface area contributed by atoms with Gasteiger partial charge in [-0.25, -0.2) is 4.39 Å². The molecule has 1 aromatic rings. The van der Waals surface area contributed by atoms with E-state index in [2.05, 4.69) is 19.2 Å². The first kappa shape index (κ1) is 11.2. The quantitative estimate of drug-likeness (QED) is 0.778. The minimum Gasteiger partial charge on any atom is -0.310 e. The van der Waals surface area contributed by atoms with Crippen molar-refractivity contribution in [2.24, 2.45) is 0 Å². The van der Waals surface area contributed by atoms with Gasteiger partial charge in [-0.15, -0.1) is 0 Å². The van der Waals surface area contributed by atoms with Gasteiger partial charge in [0.1, 0.15) is 5.82 Å². The van der Waals surface area contributed by atoms with Crippen molar-refractivity contribution >= 4 is 0 Å². The molecule has 0 radical (unpaired) electrons. The number of hydrogen-bond donors (Lipinski definition) is 1. The standard InChI is InChI=1S/C12H18FN/c1-4-5-14-10(3)11-6-9(2)7-12(13)8-11/h6-8,10,14H,4-5H2,1-3H3. The van der Waals surface area contributed by atoms with Crippen molar-refractivity contribution < 1.29 is 4.39 Å². The van der Waals surface area contributed by atoms with E-state index in [1.807, 2.05) is 13.0 Å². The van der Waals surface area contributed by atoms with Crippen LogP contribution in [0.2, 0.25) is 0 Å². The van der Waals surface area contributed by atoms with Gasteiger partial charge in [0.2, 0.25) is 0 Å². The van der Waals surface area contributed by atoms with Gasteiger partial charge in [-0.3, -0.25) is 0 Å². The van der Waals surface area contributed by atoms with Crippen molar-refractivity contribution in [3.63, 3.8) is 0 Å². The predicted molar refractivity (Wildman–Crippen MR) is 57.8 cm³/mol. The number of halogens is 1. The Morgan fingerprint density at radius 3 is 2.64 bits per heavy atom. The molecule has 0 saturated carbocycles. The summed E-state index contributed by atoms with van der Waals surface area (Å²) in [5.41, 5.74) is 2.00. The zero-order valence-corrected chi connectivity index (χ0v) is 9.10. The fourth-order valence-corrected chi connectivity index (χ4v) is 1.49. The van der Waals surface area contributed by atoms with Crippen LogP contribution >= 0.6 is 0 Å². The summed E-state index contributed by atoms with van der Waals surface area (Å²) in [4.78, 5) is 0. The molecule has 0 bridgehead atoms. The van der Waals surface area contributed by atoms with Crippen LogP contribution in [-0.2, 0) is 0 Å². The maximum Gasteiger partial charge on any atom is 0.123 e. The van der Waals surface area contributed by atoms with Gasteiger partial charge >= 0.3 is 0 Å². The van der Waals surface area contributed by atoms with E-state index in [-0.39, 0.29) is 11.9 Å². The fourth-order valence-electron chi connectivity index (χ4n) is 1.49. The zero-order chi connectivity index (χ0) is 10.6. The number of benzene rings is 1. The normalized spacial score (nSPS) is 12.9. The molecular weight excluding hydrogens is 177 g/mol. The highest BCUT2D eigenvalue weighted by molar-refractivity contribution is 5.25. The Bertz CT molecular complexity index is 276. The van der Waals surface area contributed by atoms with Gasteiger partial charge in [-0.1, -0.05) is 13.0 Å². The summed E-state index contributed by atoms with van der Waals surface area (Å²) in [6.07, 6.45) is 1.10. The van der Waals surface area contributed by atoms with E-state index in [1.54, 1.807) is 12.1 Å². The van der Waals surface area contributed by atoms with Gasteiger partial charge in [0.15, 0.2) is 0 Å². The van der Waals surface area contributed by atoms with Gasteiger partial charge in [-0.2, -0.15) is 0 Å². The van der Waals surface area contributed by atoms with Gasteiger partial charge in [0.25, 0.3) is 0 Å². The lowest BCUT2D eigenvalue weighted by Gasteiger charge is -2.14. The van der Waals surface area contributed by atoms with Crippen LogP contribution in [0.25, 0.3) is 0 Å². The molecule has 0 aliphatic heterocycles. The topological polar surface area (TPSA) is 12.0 Å².